The van der Waals surface area contributed by atoms with E-state index in [1.54, 1.807) is 6.07 Å². The number of amides is 1. The van der Waals surface area contributed by atoms with Gasteiger partial charge in [-0.25, -0.2) is 4.79 Å². The molecule has 0 radical (unpaired) electrons. The Morgan fingerprint density at radius 3 is 2.90 bits per heavy atom. The molecule has 6 nitrogen and oxygen atoms in total. The number of carboxylic acids is 1. The van der Waals surface area contributed by atoms with Gasteiger partial charge < -0.3 is 20.5 Å². The number of nitrogens with one attached hydrogen (secondary N) is 2. The maximum atomic E-state index is 11.9. The van der Waals surface area contributed by atoms with E-state index in [-0.39, 0.29) is 17.2 Å². The number of methoxy groups -OCH3 is 1. The van der Waals surface area contributed by atoms with Gasteiger partial charge in [0.2, 0.25) is 5.91 Å². The number of carbonyl (C=O) groups excluding carboxylic acids is 1. The van der Waals surface area contributed by atoms with E-state index in [4.69, 9.17) is 9.84 Å². The van der Waals surface area contributed by atoms with Gasteiger partial charge in [0.05, 0.1) is 7.11 Å². The van der Waals surface area contributed by atoms with Crippen LogP contribution in [0.3, 0.4) is 0 Å². The van der Waals surface area contributed by atoms with E-state index in [0.717, 1.165) is 19.5 Å². The average molecular weight is 278 g/mol. The first-order valence-corrected chi connectivity index (χ1v) is 6.52. The Labute approximate surface area is 117 Å². The predicted molar refractivity (Wildman–Crippen MR) is 74.2 cm³/mol. The summed E-state index contributed by atoms with van der Waals surface area (Å²) in [5.74, 6) is -0.520. The highest BCUT2D eigenvalue weighted by molar-refractivity contribution is 5.94. The molecule has 0 spiro atoms. The van der Waals surface area contributed by atoms with E-state index in [1.165, 1.54) is 19.2 Å². The van der Waals surface area contributed by atoms with Crippen LogP contribution in [0.25, 0.3) is 0 Å². The van der Waals surface area contributed by atoms with E-state index in [1.807, 2.05) is 0 Å². The first-order valence-electron chi connectivity index (χ1n) is 6.52. The van der Waals surface area contributed by atoms with Crippen molar-refractivity contribution in [1.82, 2.24) is 5.32 Å². The first-order chi connectivity index (χ1) is 9.60. The Kier molecular flexibility index (Phi) is 4.57. The number of hydrogen-bond acceptors (Lipinski definition) is 4. The second-order valence-electron chi connectivity index (χ2n) is 4.83. The number of carboxylic acid groups (broad SMARTS) is 1. The maximum Gasteiger partial charge on any atom is 0.339 e. The van der Waals surface area contributed by atoms with Crippen LogP contribution in [-0.4, -0.2) is 37.2 Å². The molecule has 1 atom stereocenters. The highest BCUT2D eigenvalue weighted by Gasteiger charge is 2.18. The number of anilines is 1. The zero-order valence-electron chi connectivity index (χ0n) is 11.3. The van der Waals surface area contributed by atoms with Crippen molar-refractivity contribution in [3.63, 3.8) is 0 Å². The van der Waals surface area contributed by atoms with Gasteiger partial charge in [0.15, 0.2) is 0 Å². The molecule has 108 valence electrons. The summed E-state index contributed by atoms with van der Waals surface area (Å²) in [5.41, 5.74) is 0.619. The summed E-state index contributed by atoms with van der Waals surface area (Å²) in [6.45, 7) is 1.83. The third-order valence-corrected chi connectivity index (χ3v) is 3.35. The molecule has 1 unspecified atom stereocenters. The Morgan fingerprint density at radius 1 is 1.50 bits per heavy atom. The lowest BCUT2D eigenvalue weighted by Gasteiger charge is -2.11. The molecule has 1 aliphatic heterocycles. The van der Waals surface area contributed by atoms with Crippen molar-refractivity contribution >= 4 is 17.6 Å². The summed E-state index contributed by atoms with van der Waals surface area (Å²) in [4.78, 5) is 22.9. The van der Waals surface area contributed by atoms with Gasteiger partial charge >= 0.3 is 5.97 Å². The highest BCUT2D eigenvalue weighted by atomic mass is 16.5. The minimum atomic E-state index is -1.06. The molecule has 1 fully saturated rings. The van der Waals surface area contributed by atoms with Crippen molar-refractivity contribution in [2.24, 2.45) is 5.92 Å². The minimum absolute atomic E-state index is 0.0659. The Bertz CT molecular complexity index is 510. The fraction of sp³-hybridized carbons (Fsp3) is 0.429. The molecular formula is C14H18N2O4. The zero-order chi connectivity index (χ0) is 14.5. The van der Waals surface area contributed by atoms with Gasteiger partial charge in [0.1, 0.15) is 11.3 Å². The van der Waals surface area contributed by atoms with Crippen LogP contribution in [0.5, 0.6) is 5.75 Å². The van der Waals surface area contributed by atoms with Crippen molar-refractivity contribution in [3.8, 4) is 5.75 Å². The van der Waals surface area contributed by atoms with Gasteiger partial charge in [-0.2, -0.15) is 0 Å². The van der Waals surface area contributed by atoms with E-state index >= 15 is 0 Å². The number of benzene rings is 1. The van der Waals surface area contributed by atoms with Crippen molar-refractivity contribution in [1.29, 1.82) is 0 Å². The van der Waals surface area contributed by atoms with Gasteiger partial charge in [0.25, 0.3) is 0 Å². The van der Waals surface area contributed by atoms with Crippen LogP contribution in [0.1, 0.15) is 23.2 Å². The second kappa shape index (κ2) is 6.38. The number of aromatic carboxylic acids is 1. The number of hydrogen-bond donors (Lipinski definition) is 3. The lowest BCUT2D eigenvalue weighted by molar-refractivity contribution is -0.116. The number of carbonyl (C=O) groups is 2. The molecule has 6 heteroatoms. The average Bonchev–Trinajstić information content (AvgIpc) is 2.90. The Balaban J connectivity index is 2.01. The van der Waals surface area contributed by atoms with E-state index < -0.39 is 5.97 Å². The molecule has 0 aliphatic carbocycles. The van der Waals surface area contributed by atoms with Crippen molar-refractivity contribution < 1.29 is 19.4 Å². The monoisotopic (exact) mass is 278 g/mol. The SMILES string of the molecule is COc1cc(NC(=O)CC2CCNC2)ccc1C(=O)O. The van der Waals surface area contributed by atoms with Crippen LogP contribution in [-0.2, 0) is 4.79 Å². The number of rotatable bonds is 5. The third-order valence-electron chi connectivity index (χ3n) is 3.35. The fourth-order valence-corrected chi connectivity index (χ4v) is 2.31. The summed E-state index contributed by atoms with van der Waals surface area (Å²) in [7, 11) is 1.40. The van der Waals surface area contributed by atoms with Crippen molar-refractivity contribution in [3.05, 3.63) is 23.8 Å². The molecule has 2 rings (SSSR count). The summed E-state index contributed by atoms with van der Waals surface area (Å²) >= 11 is 0. The van der Waals surface area contributed by atoms with Gasteiger partial charge in [0, 0.05) is 18.2 Å². The van der Waals surface area contributed by atoms with Crippen molar-refractivity contribution in [2.75, 3.05) is 25.5 Å². The maximum absolute atomic E-state index is 11.9. The van der Waals surface area contributed by atoms with Crippen LogP contribution in [0, 0.1) is 5.92 Å². The lowest BCUT2D eigenvalue weighted by Crippen LogP contribution is -2.18. The molecule has 0 bridgehead atoms. The van der Waals surface area contributed by atoms with E-state index in [2.05, 4.69) is 10.6 Å². The van der Waals surface area contributed by atoms with Crippen LogP contribution < -0.4 is 15.4 Å². The Hall–Kier alpha value is -2.08. The van der Waals surface area contributed by atoms with Crippen LogP contribution in [0.2, 0.25) is 0 Å². The van der Waals surface area contributed by atoms with Crippen LogP contribution in [0.15, 0.2) is 18.2 Å². The normalized spacial score (nSPS) is 17.8. The lowest BCUT2D eigenvalue weighted by atomic mass is 10.0. The highest BCUT2D eigenvalue weighted by Crippen LogP contribution is 2.23. The Morgan fingerprint density at radius 2 is 2.30 bits per heavy atom. The molecule has 3 N–H and O–H groups in total. The quantitative estimate of drug-likeness (QED) is 0.756. The molecule has 20 heavy (non-hydrogen) atoms. The number of ether oxygens (including phenoxy) is 1. The summed E-state index contributed by atoms with van der Waals surface area (Å²) in [5, 5.41) is 15.0. The zero-order valence-corrected chi connectivity index (χ0v) is 11.3. The molecule has 1 saturated heterocycles. The predicted octanol–water partition coefficient (Wildman–Crippen LogP) is 1.33. The molecule has 1 heterocycles. The summed E-state index contributed by atoms with van der Waals surface area (Å²) < 4.78 is 5.02. The molecule has 1 aromatic carbocycles. The van der Waals surface area contributed by atoms with Gasteiger partial charge in [-0.3, -0.25) is 4.79 Å². The molecule has 1 aliphatic rings. The third kappa shape index (κ3) is 3.48. The van der Waals surface area contributed by atoms with Gasteiger partial charge in [-0.1, -0.05) is 0 Å². The van der Waals surface area contributed by atoms with Crippen LogP contribution >= 0.6 is 0 Å². The molecular weight excluding hydrogens is 260 g/mol. The van der Waals surface area contributed by atoms with Gasteiger partial charge in [-0.05, 0) is 37.6 Å². The van der Waals surface area contributed by atoms with E-state index in [9.17, 15) is 9.59 Å². The van der Waals surface area contributed by atoms with E-state index in [0.29, 0.717) is 18.0 Å². The topological polar surface area (TPSA) is 87.7 Å². The molecule has 1 amide bonds. The molecule has 0 saturated carbocycles. The van der Waals surface area contributed by atoms with Gasteiger partial charge in [-0.15, -0.1) is 0 Å². The fourth-order valence-electron chi connectivity index (χ4n) is 2.31. The first kappa shape index (κ1) is 14.3. The van der Waals surface area contributed by atoms with Crippen LogP contribution in [0.4, 0.5) is 5.69 Å². The van der Waals surface area contributed by atoms with Crippen molar-refractivity contribution in [2.45, 2.75) is 12.8 Å². The molecule has 1 aromatic rings. The molecule has 0 aromatic heterocycles. The second-order valence-corrected chi connectivity index (χ2v) is 4.83. The smallest absolute Gasteiger partial charge is 0.339 e. The standard InChI is InChI=1S/C14H18N2O4/c1-20-12-7-10(2-3-11(12)14(18)19)16-13(17)6-9-4-5-15-8-9/h2-3,7,9,15H,4-6,8H2,1H3,(H,16,17)(H,18,19). The largest absolute Gasteiger partial charge is 0.496 e. The minimum Gasteiger partial charge on any atom is -0.496 e. The summed E-state index contributed by atoms with van der Waals surface area (Å²) in [6.07, 6.45) is 1.48. The summed E-state index contributed by atoms with van der Waals surface area (Å²) in [6, 6.07) is 4.51.